The van der Waals surface area contributed by atoms with Gasteiger partial charge in [0.15, 0.2) is 0 Å². The lowest BCUT2D eigenvalue weighted by molar-refractivity contribution is 0.302. The van der Waals surface area contributed by atoms with Crippen molar-refractivity contribution in [1.29, 1.82) is 0 Å². The highest BCUT2D eigenvalue weighted by Crippen LogP contribution is 2.11. The molecular weight excluding hydrogens is 164 g/mol. The fourth-order valence-electron chi connectivity index (χ4n) is 1.32. The van der Waals surface area contributed by atoms with Crippen molar-refractivity contribution < 1.29 is 5.11 Å². The van der Waals surface area contributed by atoms with Crippen molar-refractivity contribution in [2.24, 2.45) is 0 Å². The minimum atomic E-state index is 0.197. The maximum atomic E-state index is 8.87. The van der Waals surface area contributed by atoms with E-state index in [4.69, 9.17) is 5.11 Å². The normalized spacial score (nSPS) is 10.0. The molecule has 13 heavy (non-hydrogen) atoms. The zero-order valence-corrected chi connectivity index (χ0v) is 7.98. The van der Waals surface area contributed by atoms with E-state index in [1.54, 1.807) is 12.4 Å². The molecule has 1 heterocycles. The Morgan fingerprint density at radius 1 is 1.31 bits per heavy atom. The molecule has 0 fully saturated rings. The van der Waals surface area contributed by atoms with Crippen molar-refractivity contribution in [2.75, 3.05) is 24.6 Å². The van der Waals surface area contributed by atoms with Gasteiger partial charge in [0.25, 0.3) is 0 Å². The summed E-state index contributed by atoms with van der Waals surface area (Å²) in [4.78, 5) is 6.11. The minimum absolute atomic E-state index is 0.197. The lowest BCUT2D eigenvalue weighted by Gasteiger charge is -2.22. The van der Waals surface area contributed by atoms with Gasteiger partial charge < -0.3 is 10.0 Å². The zero-order valence-electron chi connectivity index (χ0n) is 7.98. The highest BCUT2D eigenvalue weighted by Gasteiger charge is 2.02. The molecule has 3 heteroatoms. The molecule has 0 bridgehead atoms. The molecule has 0 radical (unpaired) electrons. The van der Waals surface area contributed by atoms with E-state index < -0.39 is 0 Å². The number of anilines is 1. The van der Waals surface area contributed by atoms with Gasteiger partial charge in [-0.05, 0) is 18.6 Å². The van der Waals surface area contributed by atoms with Gasteiger partial charge >= 0.3 is 0 Å². The van der Waals surface area contributed by atoms with Crippen molar-refractivity contribution in [3.8, 4) is 0 Å². The summed E-state index contributed by atoms with van der Waals surface area (Å²) in [6.07, 6.45) is 4.63. The lowest BCUT2D eigenvalue weighted by atomic mass is 10.3. The number of nitrogens with zero attached hydrogens (tertiary/aromatic N) is 2. The fourth-order valence-corrected chi connectivity index (χ4v) is 1.32. The summed E-state index contributed by atoms with van der Waals surface area (Å²) in [7, 11) is 0. The maximum Gasteiger partial charge on any atom is 0.0606 e. The Labute approximate surface area is 79.0 Å². The van der Waals surface area contributed by atoms with Crippen LogP contribution in [0.15, 0.2) is 24.5 Å². The van der Waals surface area contributed by atoms with Gasteiger partial charge in [0.05, 0.1) is 6.61 Å². The molecule has 1 rings (SSSR count). The summed E-state index contributed by atoms with van der Waals surface area (Å²) < 4.78 is 0. The van der Waals surface area contributed by atoms with E-state index >= 15 is 0 Å². The van der Waals surface area contributed by atoms with Crippen LogP contribution in [0, 0.1) is 0 Å². The van der Waals surface area contributed by atoms with Crippen molar-refractivity contribution in [1.82, 2.24) is 4.98 Å². The molecule has 0 aromatic carbocycles. The molecule has 0 atom stereocenters. The average molecular weight is 180 g/mol. The smallest absolute Gasteiger partial charge is 0.0606 e. The topological polar surface area (TPSA) is 36.4 Å². The number of hydrogen-bond acceptors (Lipinski definition) is 3. The summed E-state index contributed by atoms with van der Waals surface area (Å²) in [6, 6.07) is 3.93. The maximum absolute atomic E-state index is 8.87. The Hall–Kier alpha value is -1.09. The van der Waals surface area contributed by atoms with E-state index in [1.165, 1.54) is 0 Å². The van der Waals surface area contributed by atoms with Gasteiger partial charge in [-0.15, -0.1) is 0 Å². The largest absolute Gasteiger partial charge is 0.395 e. The van der Waals surface area contributed by atoms with Gasteiger partial charge in [-0.25, -0.2) is 0 Å². The summed E-state index contributed by atoms with van der Waals surface area (Å²) in [5.41, 5.74) is 1.13. The highest BCUT2D eigenvalue weighted by atomic mass is 16.3. The Morgan fingerprint density at radius 3 is 2.54 bits per heavy atom. The molecule has 0 aliphatic heterocycles. The molecule has 1 aromatic heterocycles. The second kappa shape index (κ2) is 5.54. The number of pyridine rings is 1. The van der Waals surface area contributed by atoms with Crippen LogP contribution in [0.4, 0.5) is 5.69 Å². The van der Waals surface area contributed by atoms with E-state index in [0.29, 0.717) is 6.54 Å². The van der Waals surface area contributed by atoms with E-state index in [-0.39, 0.29) is 6.61 Å². The first-order valence-electron chi connectivity index (χ1n) is 4.64. The number of aliphatic hydroxyl groups is 1. The SMILES string of the molecule is CCCN(CCO)c1ccncc1. The Balaban J connectivity index is 2.64. The van der Waals surface area contributed by atoms with Gasteiger partial charge in [-0.1, -0.05) is 6.92 Å². The Morgan fingerprint density at radius 2 is 2.00 bits per heavy atom. The molecule has 0 saturated carbocycles. The van der Waals surface area contributed by atoms with E-state index in [2.05, 4.69) is 16.8 Å². The summed E-state index contributed by atoms with van der Waals surface area (Å²) in [5.74, 6) is 0. The third kappa shape index (κ3) is 3.03. The molecule has 1 aromatic rings. The molecule has 0 amide bonds. The van der Waals surface area contributed by atoms with Gasteiger partial charge in [-0.3, -0.25) is 4.98 Å². The van der Waals surface area contributed by atoms with Crippen LogP contribution in [-0.4, -0.2) is 29.8 Å². The van der Waals surface area contributed by atoms with Crippen LogP contribution in [0.2, 0.25) is 0 Å². The molecular formula is C10H16N2O. The number of aromatic nitrogens is 1. The predicted molar refractivity (Wildman–Crippen MR) is 53.8 cm³/mol. The van der Waals surface area contributed by atoms with E-state index in [1.807, 2.05) is 12.1 Å². The molecule has 0 aliphatic rings. The van der Waals surface area contributed by atoms with Crippen molar-refractivity contribution in [3.63, 3.8) is 0 Å². The first-order valence-corrected chi connectivity index (χ1v) is 4.64. The van der Waals surface area contributed by atoms with Crippen LogP contribution in [0.5, 0.6) is 0 Å². The minimum Gasteiger partial charge on any atom is -0.395 e. The summed E-state index contributed by atoms with van der Waals surface area (Å²) in [5, 5.41) is 8.87. The van der Waals surface area contributed by atoms with Gasteiger partial charge in [0.2, 0.25) is 0 Å². The number of rotatable bonds is 5. The molecule has 0 unspecified atom stereocenters. The van der Waals surface area contributed by atoms with Crippen molar-refractivity contribution in [2.45, 2.75) is 13.3 Å². The summed E-state index contributed by atoms with van der Waals surface area (Å²) >= 11 is 0. The quantitative estimate of drug-likeness (QED) is 0.741. The number of aliphatic hydroxyl groups excluding tert-OH is 1. The van der Waals surface area contributed by atoms with Crippen molar-refractivity contribution in [3.05, 3.63) is 24.5 Å². The second-order valence-electron chi connectivity index (χ2n) is 2.92. The van der Waals surface area contributed by atoms with Crippen LogP contribution in [-0.2, 0) is 0 Å². The first-order chi connectivity index (χ1) is 6.38. The standard InChI is InChI=1S/C10H16N2O/c1-2-7-12(8-9-13)10-3-5-11-6-4-10/h3-6,13H,2,7-9H2,1H3. The van der Waals surface area contributed by atoms with E-state index in [9.17, 15) is 0 Å². The molecule has 72 valence electrons. The third-order valence-corrected chi connectivity index (χ3v) is 1.89. The zero-order chi connectivity index (χ0) is 9.52. The monoisotopic (exact) mass is 180 g/mol. The molecule has 1 N–H and O–H groups in total. The average Bonchev–Trinajstić information content (AvgIpc) is 2.19. The third-order valence-electron chi connectivity index (χ3n) is 1.89. The molecule has 0 spiro atoms. The van der Waals surface area contributed by atoms with Crippen LogP contribution in [0.1, 0.15) is 13.3 Å². The van der Waals surface area contributed by atoms with E-state index in [0.717, 1.165) is 18.7 Å². The van der Waals surface area contributed by atoms with Gasteiger partial charge in [0, 0.05) is 31.2 Å². The van der Waals surface area contributed by atoms with Gasteiger partial charge in [0.1, 0.15) is 0 Å². The van der Waals surface area contributed by atoms with Crippen molar-refractivity contribution >= 4 is 5.69 Å². The molecule has 0 saturated heterocycles. The van der Waals surface area contributed by atoms with Crippen LogP contribution in [0.3, 0.4) is 0 Å². The Bertz CT molecular complexity index is 220. The van der Waals surface area contributed by atoms with Crippen LogP contribution >= 0.6 is 0 Å². The first kappa shape index (κ1) is 9.99. The molecule has 3 nitrogen and oxygen atoms in total. The number of hydrogen-bond donors (Lipinski definition) is 1. The van der Waals surface area contributed by atoms with Crippen LogP contribution < -0.4 is 4.90 Å². The Kier molecular flexibility index (Phi) is 4.26. The molecule has 0 aliphatic carbocycles. The predicted octanol–water partition coefficient (Wildman–Crippen LogP) is 1.29. The highest BCUT2D eigenvalue weighted by molar-refractivity contribution is 5.44. The van der Waals surface area contributed by atoms with Crippen LogP contribution in [0.25, 0.3) is 0 Å². The lowest BCUT2D eigenvalue weighted by Crippen LogP contribution is -2.27. The fraction of sp³-hybridized carbons (Fsp3) is 0.500. The summed E-state index contributed by atoms with van der Waals surface area (Å²) in [6.45, 7) is 4.00. The second-order valence-corrected chi connectivity index (χ2v) is 2.92. The van der Waals surface area contributed by atoms with Gasteiger partial charge in [-0.2, -0.15) is 0 Å².